The SMILES string of the molecule is NCCC(COc1ccc2c(c1)Cc1cc(OCC(CCN)Sc3ccccc3)ccc1-2)Sc1ccccc1. The Kier molecular flexibility index (Phi) is 9.89. The molecule has 4 aromatic rings. The lowest BCUT2D eigenvalue weighted by Crippen LogP contribution is -2.18. The Balaban J connectivity index is 1.19. The highest BCUT2D eigenvalue weighted by atomic mass is 32.2. The minimum atomic E-state index is 0.311. The Morgan fingerprint density at radius 1 is 0.590 bits per heavy atom. The molecule has 1 aliphatic rings. The Bertz CT molecular complexity index is 1230. The molecule has 202 valence electrons. The van der Waals surface area contributed by atoms with E-state index in [1.165, 1.54) is 32.0 Å². The van der Waals surface area contributed by atoms with Gasteiger partial charge in [0, 0.05) is 20.3 Å². The van der Waals surface area contributed by atoms with Crippen molar-refractivity contribution >= 4 is 23.5 Å². The minimum absolute atomic E-state index is 0.311. The molecule has 0 aliphatic heterocycles. The Morgan fingerprint density at radius 2 is 1.03 bits per heavy atom. The van der Waals surface area contributed by atoms with Crippen LogP contribution < -0.4 is 20.9 Å². The van der Waals surface area contributed by atoms with Crippen molar-refractivity contribution in [2.24, 2.45) is 11.5 Å². The maximum Gasteiger partial charge on any atom is 0.119 e. The molecular formula is C33H36N2O2S2. The molecule has 4 nitrogen and oxygen atoms in total. The minimum Gasteiger partial charge on any atom is -0.492 e. The van der Waals surface area contributed by atoms with E-state index in [0.717, 1.165) is 30.8 Å². The smallest absolute Gasteiger partial charge is 0.119 e. The second-order valence-corrected chi connectivity index (χ2v) is 12.4. The molecule has 0 fully saturated rings. The van der Waals surface area contributed by atoms with E-state index in [0.29, 0.717) is 36.8 Å². The topological polar surface area (TPSA) is 70.5 Å². The molecule has 4 aromatic carbocycles. The van der Waals surface area contributed by atoms with Crippen molar-refractivity contribution in [2.45, 2.75) is 39.6 Å². The first-order valence-electron chi connectivity index (χ1n) is 13.6. The maximum absolute atomic E-state index is 6.26. The van der Waals surface area contributed by atoms with Crippen molar-refractivity contribution < 1.29 is 9.47 Å². The number of benzene rings is 4. The van der Waals surface area contributed by atoms with Crippen LogP contribution in [0.1, 0.15) is 24.0 Å². The molecule has 0 bridgehead atoms. The summed E-state index contributed by atoms with van der Waals surface area (Å²) in [6, 6.07) is 33.8. The monoisotopic (exact) mass is 556 g/mol. The van der Waals surface area contributed by atoms with Crippen molar-refractivity contribution in [1.29, 1.82) is 0 Å². The molecule has 2 atom stereocenters. The van der Waals surface area contributed by atoms with Gasteiger partial charge in [0.2, 0.25) is 0 Å². The predicted octanol–water partition coefficient (Wildman–Crippen LogP) is 7.03. The lowest BCUT2D eigenvalue weighted by atomic mass is 10.1. The highest BCUT2D eigenvalue weighted by molar-refractivity contribution is 8.00. The van der Waals surface area contributed by atoms with Crippen LogP contribution in [0.15, 0.2) is 107 Å². The largest absolute Gasteiger partial charge is 0.492 e. The summed E-state index contributed by atoms with van der Waals surface area (Å²) in [4.78, 5) is 2.49. The van der Waals surface area contributed by atoms with Gasteiger partial charge >= 0.3 is 0 Å². The number of nitrogens with two attached hydrogens (primary N) is 2. The van der Waals surface area contributed by atoms with Gasteiger partial charge in [-0.1, -0.05) is 48.5 Å². The van der Waals surface area contributed by atoms with Gasteiger partial charge in [-0.3, -0.25) is 0 Å². The van der Waals surface area contributed by atoms with Crippen LogP contribution in [0.3, 0.4) is 0 Å². The first-order valence-corrected chi connectivity index (χ1v) is 15.3. The van der Waals surface area contributed by atoms with Gasteiger partial charge in [-0.2, -0.15) is 0 Å². The van der Waals surface area contributed by atoms with E-state index in [1.807, 2.05) is 35.7 Å². The maximum atomic E-state index is 6.26. The second kappa shape index (κ2) is 13.9. The van der Waals surface area contributed by atoms with Crippen LogP contribution in [0.2, 0.25) is 0 Å². The number of thioether (sulfide) groups is 2. The molecule has 0 radical (unpaired) electrons. The molecule has 2 unspecified atom stereocenters. The fraction of sp³-hybridized carbons (Fsp3) is 0.273. The van der Waals surface area contributed by atoms with Crippen LogP contribution in [-0.4, -0.2) is 36.8 Å². The van der Waals surface area contributed by atoms with E-state index < -0.39 is 0 Å². The number of ether oxygens (including phenoxy) is 2. The summed E-state index contributed by atoms with van der Waals surface area (Å²) < 4.78 is 12.5. The number of hydrogen-bond acceptors (Lipinski definition) is 6. The third-order valence-electron chi connectivity index (χ3n) is 6.77. The molecule has 0 amide bonds. The summed E-state index contributed by atoms with van der Waals surface area (Å²) in [5.74, 6) is 1.83. The molecular weight excluding hydrogens is 521 g/mol. The van der Waals surface area contributed by atoms with Crippen LogP contribution >= 0.6 is 23.5 Å². The van der Waals surface area contributed by atoms with Crippen LogP contribution in [0.5, 0.6) is 11.5 Å². The van der Waals surface area contributed by atoms with Crippen molar-refractivity contribution in [3.8, 4) is 22.6 Å². The zero-order valence-electron chi connectivity index (χ0n) is 22.1. The quantitative estimate of drug-likeness (QED) is 0.143. The Hall–Kier alpha value is -2.90. The highest BCUT2D eigenvalue weighted by Gasteiger charge is 2.21. The van der Waals surface area contributed by atoms with E-state index >= 15 is 0 Å². The molecule has 0 spiro atoms. The summed E-state index contributed by atoms with van der Waals surface area (Å²) in [7, 11) is 0. The number of fused-ring (bicyclic) bond motifs is 3. The van der Waals surface area contributed by atoms with Crippen molar-refractivity contribution in [1.82, 2.24) is 0 Å². The highest BCUT2D eigenvalue weighted by Crippen LogP contribution is 2.40. The Morgan fingerprint density at radius 3 is 1.44 bits per heavy atom. The summed E-state index contributed by atoms with van der Waals surface area (Å²) in [6.45, 7) is 2.56. The third-order valence-corrected chi connectivity index (χ3v) is 9.26. The average Bonchev–Trinajstić information content (AvgIpc) is 3.33. The fourth-order valence-electron chi connectivity index (χ4n) is 4.83. The molecule has 6 heteroatoms. The average molecular weight is 557 g/mol. The predicted molar refractivity (Wildman–Crippen MR) is 165 cm³/mol. The molecule has 4 N–H and O–H groups in total. The number of hydrogen-bond donors (Lipinski definition) is 2. The van der Waals surface area contributed by atoms with Crippen molar-refractivity contribution in [3.63, 3.8) is 0 Å². The number of rotatable bonds is 14. The van der Waals surface area contributed by atoms with Crippen LogP contribution in [0.4, 0.5) is 0 Å². The second-order valence-electron chi connectivity index (χ2n) is 9.70. The summed E-state index contributed by atoms with van der Waals surface area (Å²) in [6.07, 6.45) is 2.71. The van der Waals surface area contributed by atoms with Crippen molar-refractivity contribution in [3.05, 3.63) is 108 Å². The van der Waals surface area contributed by atoms with E-state index in [-0.39, 0.29) is 0 Å². The van der Waals surface area contributed by atoms with Crippen LogP contribution in [-0.2, 0) is 6.42 Å². The van der Waals surface area contributed by atoms with E-state index in [4.69, 9.17) is 20.9 Å². The van der Waals surface area contributed by atoms with E-state index in [2.05, 4.69) is 84.9 Å². The molecule has 39 heavy (non-hydrogen) atoms. The molecule has 0 saturated heterocycles. The zero-order valence-corrected chi connectivity index (χ0v) is 23.8. The van der Waals surface area contributed by atoms with E-state index in [9.17, 15) is 0 Å². The van der Waals surface area contributed by atoms with Crippen LogP contribution in [0.25, 0.3) is 11.1 Å². The lowest BCUT2D eigenvalue weighted by molar-refractivity contribution is 0.313. The molecule has 1 aliphatic carbocycles. The third kappa shape index (κ3) is 7.61. The van der Waals surface area contributed by atoms with Crippen molar-refractivity contribution in [2.75, 3.05) is 26.3 Å². The summed E-state index contributed by atoms with van der Waals surface area (Å²) >= 11 is 3.66. The van der Waals surface area contributed by atoms with Gasteiger partial charge in [0.25, 0.3) is 0 Å². The molecule has 5 rings (SSSR count). The first-order chi connectivity index (χ1) is 19.2. The van der Waals surface area contributed by atoms with Gasteiger partial charge in [-0.25, -0.2) is 0 Å². The zero-order chi connectivity index (χ0) is 26.9. The fourth-order valence-corrected chi connectivity index (χ4v) is 7.01. The standard InChI is InChI=1S/C33H36N2O2S2/c34-17-15-30(38-28-7-3-1-4-8-28)22-36-26-11-13-32-24(20-26)19-25-21-27(12-14-33(25)32)37-23-31(16-18-35)39-29-9-5-2-6-10-29/h1-14,20-21,30-31H,15-19,22-23,34-35H2. The van der Waals surface area contributed by atoms with Gasteiger partial charge in [0.05, 0.1) is 0 Å². The first kappa shape index (κ1) is 27.7. The molecule has 0 saturated carbocycles. The van der Waals surface area contributed by atoms with Gasteiger partial charge in [0.15, 0.2) is 0 Å². The van der Waals surface area contributed by atoms with Gasteiger partial charge < -0.3 is 20.9 Å². The van der Waals surface area contributed by atoms with Gasteiger partial charge in [-0.05, 0) is 103 Å². The molecule has 0 aromatic heterocycles. The molecule has 0 heterocycles. The summed E-state index contributed by atoms with van der Waals surface area (Å²) in [5, 5.41) is 0.622. The van der Waals surface area contributed by atoms with E-state index in [1.54, 1.807) is 0 Å². The Labute approximate surface area is 240 Å². The van der Waals surface area contributed by atoms with Crippen LogP contribution in [0, 0.1) is 0 Å². The van der Waals surface area contributed by atoms with Gasteiger partial charge in [0.1, 0.15) is 24.7 Å². The normalized spacial score (nSPS) is 13.4. The van der Waals surface area contributed by atoms with Gasteiger partial charge in [-0.15, -0.1) is 23.5 Å². The summed E-state index contributed by atoms with van der Waals surface area (Å²) in [5.41, 5.74) is 16.9. The lowest BCUT2D eigenvalue weighted by Gasteiger charge is -2.17.